The maximum atomic E-state index is 12.8. The number of aryl methyl sites for hydroxylation is 2. The van der Waals surface area contributed by atoms with Crippen LogP contribution >= 0.6 is 0 Å². The largest absolute Gasteiger partial charge is 0.374 e. The van der Waals surface area contributed by atoms with E-state index in [4.69, 9.17) is 0 Å². The van der Waals surface area contributed by atoms with Gasteiger partial charge in [-0.05, 0) is 38.3 Å². The van der Waals surface area contributed by atoms with E-state index in [1.807, 2.05) is 19.1 Å². The minimum Gasteiger partial charge on any atom is -0.374 e. The van der Waals surface area contributed by atoms with E-state index in [1.165, 1.54) is 4.57 Å². The molecule has 3 rings (SSSR count). The van der Waals surface area contributed by atoms with Gasteiger partial charge in [-0.25, -0.2) is 4.98 Å². The van der Waals surface area contributed by atoms with Crippen molar-refractivity contribution in [1.82, 2.24) is 14.9 Å². The van der Waals surface area contributed by atoms with Crippen LogP contribution in [0.3, 0.4) is 0 Å². The van der Waals surface area contributed by atoms with Crippen molar-refractivity contribution in [1.29, 1.82) is 0 Å². The molecule has 1 aromatic carbocycles. The van der Waals surface area contributed by atoms with Crippen LogP contribution in [0.25, 0.3) is 10.9 Å². The summed E-state index contributed by atoms with van der Waals surface area (Å²) in [6.07, 6.45) is 0.0147. The fourth-order valence-corrected chi connectivity index (χ4v) is 2.91. The highest BCUT2D eigenvalue weighted by Gasteiger charge is 2.30. The van der Waals surface area contributed by atoms with Crippen molar-refractivity contribution >= 4 is 16.8 Å². The van der Waals surface area contributed by atoms with Gasteiger partial charge in [0.05, 0.1) is 10.9 Å². The van der Waals surface area contributed by atoms with Crippen molar-refractivity contribution in [3.05, 3.63) is 39.9 Å². The van der Waals surface area contributed by atoms with Crippen LogP contribution in [0.15, 0.2) is 23.0 Å². The molecule has 2 heterocycles. The Morgan fingerprint density at radius 3 is 2.76 bits per heavy atom. The van der Waals surface area contributed by atoms with E-state index in [-0.39, 0.29) is 11.5 Å². The number of rotatable bonds is 1. The Morgan fingerprint density at radius 1 is 1.29 bits per heavy atom. The molecule has 1 amide bonds. The molecule has 1 saturated heterocycles. The second-order valence-electron chi connectivity index (χ2n) is 5.42. The Hall–Kier alpha value is -2.21. The molecule has 0 aliphatic carbocycles. The molecule has 1 unspecified atom stereocenters. The summed E-state index contributed by atoms with van der Waals surface area (Å²) in [4.78, 5) is 29.3. The van der Waals surface area contributed by atoms with Crippen molar-refractivity contribution in [3.63, 3.8) is 0 Å². The molecular formula is C15H17N3O3. The Bertz CT molecular complexity index is 782. The highest BCUT2D eigenvalue weighted by Crippen LogP contribution is 2.21. The summed E-state index contributed by atoms with van der Waals surface area (Å²) >= 11 is 0. The number of piperidine rings is 1. The Labute approximate surface area is 121 Å². The van der Waals surface area contributed by atoms with Crippen LogP contribution in [-0.4, -0.2) is 26.8 Å². The van der Waals surface area contributed by atoms with Crippen LogP contribution in [0, 0.1) is 13.8 Å². The first-order chi connectivity index (χ1) is 9.99. The highest BCUT2D eigenvalue weighted by molar-refractivity contribution is 5.84. The third-order valence-electron chi connectivity index (χ3n) is 3.95. The number of hydrogen-bond donors (Lipinski definition) is 2. The quantitative estimate of drug-likeness (QED) is 0.812. The normalized spacial score (nSPS) is 22.3. The average Bonchev–Trinajstić information content (AvgIpc) is 2.40. The van der Waals surface area contributed by atoms with E-state index in [1.54, 1.807) is 13.0 Å². The van der Waals surface area contributed by atoms with Gasteiger partial charge in [0.2, 0.25) is 5.91 Å². The molecule has 6 heteroatoms. The molecule has 2 aromatic rings. The molecule has 21 heavy (non-hydrogen) atoms. The van der Waals surface area contributed by atoms with E-state index in [9.17, 15) is 14.7 Å². The number of hydrogen-bond acceptors (Lipinski definition) is 4. The molecule has 0 bridgehead atoms. The smallest absolute Gasteiger partial charge is 0.262 e. The highest BCUT2D eigenvalue weighted by atomic mass is 16.3. The van der Waals surface area contributed by atoms with Gasteiger partial charge < -0.3 is 10.4 Å². The van der Waals surface area contributed by atoms with Crippen LogP contribution in [-0.2, 0) is 4.79 Å². The van der Waals surface area contributed by atoms with Crippen LogP contribution in [0.1, 0.15) is 30.3 Å². The summed E-state index contributed by atoms with van der Waals surface area (Å²) in [5.74, 6) is 0.170. The predicted molar refractivity (Wildman–Crippen MR) is 77.9 cm³/mol. The molecular weight excluding hydrogens is 270 g/mol. The molecule has 1 fully saturated rings. The number of aromatic nitrogens is 2. The lowest BCUT2D eigenvalue weighted by atomic mass is 10.0. The van der Waals surface area contributed by atoms with Gasteiger partial charge in [-0.1, -0.05) is 12.1 Å². The number of nitrogens with zero attached hydrogens (tertiary/aromatic N) is 2. The third-order valence-corrected chi connectivity index (χ3v) is 3.95. The maximum absolute atomic E-state index is 12.8. The summed E-state index contributed by atoms with van der Waals surface area (Å²) in [7, 11) is 0. The second-order valence-corrected chi connectivity index (χ2v) is 5.42. The van der Waals surface area contributed by atoms with Crippen LogP contribution in [0.2, 0.25) is 0 Å². The number of carbonyl (C=O) groups is 1. The number of benzene rings is 1. The van der Waals surface area contributed by atoms with Crippen LogP contribution in [0.5, 0.6) is 0 Å². The van der Waals surface area contributed by atoms with Gasteiger partial charge in [-0.3, -0.25) is 14.2 Å². The van der Waals surface area contributed by atoms with E-state index in [0.29, 0.717) is 29.6 Å². The topological polar surface area (TPSA) is 84.2 Å². The molecule has 1 aliphatic rings. The Kier molecular flexibility index (Phi) is 3.25. The van der Waals surface area contributed by atoms with Crippen LogP contribution in [0.4, 0.5) is 0 Å². The zero-order valence-electron chi connectivity index (χ0n) is 12.0. The molecule has 0 spiro atoms. The first-order valence-electron chi connectivity index (χ1n) is 6.96. The van der Waals surface area contributed by atoms with Gasteiger partial charge >= 0.3 is 0 Å². The SMILES string of the molecule is Cc1cccc2nc(C)n([C@H]3CCC(O)NC3=O)c(=O)c12. The van der Waals surface area contributed by atoms with Crippen molar-refractivity contribution in [2.75, 3.05) is 0 Å². The first-order valence-corrected chi connectivity index (χ1v) is 6.96. The monoisotopic (exact) mass is 287 g/mol. The van der Waals surface area contributed by atoms with E-state index >= 15 is 0 Å². The van der Waals surface area contributed by atoms with E-state index < -0.39 is 12.3 Å². The van der Waals surface area contributed by atoms with E-state index in [0.717, 1.165) is 5.56 Å². The van der Waals surface area contributed by atoms with Gasteiger partial charge in [0.25, 0.3) is 5.56 Å². The number of aliphatic hydroxyl groups is 1. The molecule has 0 saturated carbocycles. The number of carbonyl (C=O) groups excluding carboxylic acids is 1. The summed E-state index contributed by atoms with van der Waals surface area (Å²) in [5.41, 5.74) is 1.28. The van der Waals surface area contributed by atoms with E-state index in [2.05, 4.69) is 10.3 Å². The zero-order chi connectivity index (χ0) is 15.1. The second kappa shape index (κ2) is 4.96. The lowest BCUT2D eigenvalue weighted by Gasteiger charge is -2.28. The molecule has 1 aliphatic heterocycles. The Morgan fingerprint density at radius 2 is 2.05 bits per heavy atom. The molecule has 6 nitrogen and oxygen atoms in total. The van der Waals surface area contributed by atoms with Crippen molar-refractivity contribution in [2.24, 2.45) is 0 Å². The number of fused-ring (bicyclic) bond motifs is 1. The molecule has 0 radical (unpaired) electrons. The fraction of sp³-hybridized carbons (Fsp3) is 0.400. The van der Waals surface area contributed by atoms with Gasteiger partial charge in [-0.2, -0.15) is 0 Å². The molecule has 1 aromatic heterocycles. The molecule has 2 N–H and O–H groups in total. The minimum absolute atomic E-state index is 0.202. The van der Waals surface area contributed by atoms with Crippen LogP contribution < -0.4 is 10.9 Å². The maximum Gasteiger partial charge on any atom is 0.262 e. The van der Waals surface area contributed by atoms with Gasteiger partial charge in [0, 0.05) is 0 Å². The minimum atomic E-state index is -0.833. The van der Waals surface area contributed by atoms with Gasteiger partial charge in [-0.15, -0.1) is 0 Å². The number of aliphatic hydroxyl groups excluding tert-OH is 1. The predicted octanol–water partition coefficient (Wildman–Crippen LogP) is 0.783. The fourth-order valence-electron chi connectivity index (χ4n) is 2.91. The first kappa shape index (κ1) is 13.8. The lowest BCUT2D eigenvalue weighted by Crippen LogP contribution is -2.47. The summed E-state index contributed by atoms with van der Waals surface area (Å²) in [6, 6.07) is 4.90. The molecule has 2 atom stereocenters. The van der Waals surface area contributed by atoms with Gasteiger partial charge in [0.1, 0.15) is 18.1 Å². The standard InChI is InChI=1S/C15H17N3O3/c1-8-4-3-5-10-13(8)15(21)18(9(2)16-10)11-6-7-12(19)17-14(11)20/h3-5,11-12,19H,6-7H2,1-2H3,(H,17,20)/t11-,12?/m0/s1. The zero-order valence-corrected chi connectivity index (χ0v) is 12.0. The van der Waals surface area contributed by atoms with Crippen molar-refractivity contribution in [2.45, 2.75) is 39.0 Å². The van der Waals surface area contributed by atoms with Crippen molar-refractivity contribution in [3.8, 4) is 0 Å². The molecule has 110 valence electrons. The lowest BCUT2D eigenvalue weighted by molar-refractivity contribution is -0.130. The Balaban J connectivity index is 2.21. The average molecular weight is 287 g/mol. The number of amides is 1. The van der Waals surface area contributed by atoms with Gasteiger partial charge in [0.15, 0.2) is 0 Å². The third kappa shape index (κ3) is 2.21. The summed E-state index contributed by atoms with van der Waals surface area (Å²) in [5, 5.41) is 12.5. The number of nitrogens with one attached hydrogen (secondary N) is 1. The summed E-state index contributed by atoms with van der Waals surface area (Å²) < 4.78 is 1.44. The van der Waals surface area contributed by atoms with Crippen molar-refractivity contribution < 1.29 is 9.90 Å². The summed E-state index contributed by atoms with van der Waals surface area (Å²) in [6.45, 7) is 3.58.